The first-order chi connectivity index (χ1) is 9.04. The van der Waals surface area contributed by atoms with Crippen LogP contribution < -0.4 is 0 Å². The topological polar surface area (TPSA) is 42.4 Å². The van der Waals surface area contributed by atoms with Crippen molar-refractivity contribution in [1.29, 1.82) is 0 Å². The molecule has 0 amide bonds. The third-order valence-corrected chi connectivity index (χ3v) is 3.52. The SMILES string of the molecule is C[C@H](CN(C)C)OC(=O)Cc1ccc2sccc2n1. The molecule has 0 fully saturated rings. The quantitative estimate of drug-likeness (QED) is 0.787. The van der Waals surface area contributed by atoms with E-state index in [0.717, 1.165) is 22.5 Å². The minimum Gasteiger partial charge on any atom is -0.461 e. The minimum atomic E-state index is -0.226. The Balaban J connectivity index is 1.94. The Kier molecular flexibility index (Phi) is 4.50. The van der Waals surface area contributed by atoms with Gasteiger partial charge in [-0.3, -0.25) is 9.78 Å². The molecule has 2 heterocycles. The van der Waals surface area contributed by atoms with Gasteiger partial charge in [0.1, 0.15) is 6.10 Å². The first-order valence-corrected chi connectivity index (χ1v) is 7.10. The van der Waals surface area contributed by atoms with Crippen molar-refractivity contribution < 1.29 is 9.53 Å². The summed E-state index contributed by atoms with van der Waals surface area (Å²) in [7, 11) is 3.91. The van der Waals surface area contributed by atoms with Gasteiger partial charge in [0.05, 0.1) is 22.3 Å². The molecule has 2 rings (SSSR count). The van der Waals surface area contributed by atoms with E-state index in [-0.39, 0.29) is 18.5 Å². The van der Waals surface area contributed by atoms with Gasteiger partial charge in [0.15, 0.2) is 0 Å². The Morgan fingerprint density at radius 3 is 2.95 bits per heavy atom. The zero-order chi connectivity index (χ0) is 13.8. The Bertz CT molecular complexity index is 565. The van der Waals surface area contributed by atoms with Gasteiger partial charge in [-0.2, -0.15) is 0 Å². The normalized spacial score (nSPS) is 12.8. The number of esters is 1. The zero-order valence-corrected chi connectivity index (χ0v) is 12.2. The molecular formula is C14H18N2O2S. The molecule has 0 saturated carbocycles. The van der Waals surface area contributed by atoms with Gasteiger partial charge in [-0.25, -0.2) is 0 Å². The first-order valence-electron chi connectivity index (χ1n) is 6.22. The van der Waals surface area contributed by atoms with Gasteiger partial charge in [0, 0.05) is 6.54 Å². The van der Waals surface area contributed by atoms with Crippen LogP contribution in [0.15, 0.2) is 23.6 Å². The Labute approximate surface area is 117 Å². The molecule has 0 unspecified atom stereocenters. The third-order valence-electron chi connectivity index (χ3n) is 2.64. The molecule has 0 aliphatic rings. The van der Waals surface area contributed by atoms with Gasteiger partial charge < -0.3 is 9.64 Å². The highest BCUT2D eigenvalue weighted by atomic mass is 32.1. The van der Waals surface area contributed by atoms with E-state index in [2.05, 4.69) is 4.98 Å². The van der Waals surface area contributed by atoms with Crippen LogP contribution >= 0.6 is 11.3 Å². The van der Waals surface area contributed by atoms with Crippen LogP contribution in [0.1, 0.15) is 12.6 Å². The van der Waals surface area contributed by atoms with Gasteiger partial charge in [-0.1, -0.05) is 0 Å². The second-order valence-electron chi connectivity index (χ2n) is 4.85. The molecule has 0 radical (unpaired) electrons. The van der Waals surface area contributed by atoms with Gasteiger partial charge in [0.25, 0.3) is 0 Å². The third kappa shape index (κ3) is 4.01. The van der Waals surface area contributed by atoms with Crippen molar-refractivity contribution in [2.45, 2.75) is 19.4 Å². The number of fused-ring (bicyclic) bond motifs is 1. The second-order valence-corrected chi connectivity index (χ2v) is 5.79. The number of nitrogens with zero attached hydrogens (tertiary/aromatic N) is 2. The summed E-state index contributed by atoms with van der Waals surface area (Å²) in [5.74, 6) is -0.226. The lowest BCUT2D eigenvalue weighted by Crippen LogP contribution is -2.28. The van der Waals surface area contributed by atoms with Crippen molar-refractivity contribution in [2.75, 3.05) is 20.6 Å². The highest BCUT2D eigenvalue weighted by Crippen LogP contribution is 2.19. The molecule has 4 nitrogen and oxygen atoms in total. The molecule has 0 bridgehead atoms. The lowest BCUT2D eigenvalue weighted by Gasteiger charge is -2.17. The summed E-state index contributed by atoms with van der Waals surface area (Å²) in [6.07, 6.45) is 0.121. The molecule has 0 aromatic carbocycles. The van der Waals surface area contributed by atoms with Crippen molar-refractivity contribution in [3.05, 3.63) is 29.3 Å². The van der Waals surface area contributed by atoms with E-state index in [9.17, 15) is 4.79 Å². The largest absolute Gasteiger partial charge is 0.461 e. The van der Waals surface area contributed by atoms with Crippen LogP contribution in [0.5, 0.6) is 0 Å². The number of ether oxygens (including phenoxy) is 1. The lowest BCUT2D eigenvalue weighted by molar-refractivity contribution is -0.147. The number of carbonyl (C=O) groups excluding carboxylic acids is 1. The Morgan fingerprint density at radius 1 is 1.42 bits per heavy atom. The number of rotatable bonds is 5. The van der Waals surface area contributed by atoms with Crippen LogP contribution in [-0.2, 0) is 16.0 Å². The minimum absolute atomic E-state index is 0.104. The fourth-order valence-corrected chi connectivity index (χ4v) is 2.68. The van der Waals surface area contributed by atoms with E-state index in [0.29, 0.717) is 0 Å². The summed E-state index contributed by atoms with van der Waals surface area (Å²) in [4.78, 5) is 18.2. The number of aromatic nitrogens is 1. The average molecular weight is 278 g/mol. The molecule has 2 aromatic heterocycles. The summed E-state index contributed by atoms with van der Waals surface area (Å²) in [5.41, 5.74) is 1.70. The van der Waals surface area contributed by atoms with Crippen molar-refractivity contribution in [3.8, 4) is 0 Å². The zero-order valence-electron chi connectivity index (χ0n) is 11.4. The van der Waals surface area contributed by atoms with Crippen LogP contribution in [-0.4, -0.2) is 42.6 Å². The molecule has 0 aliphatic heterocycles. The number of carbonyl (C=O) groups is 1. The maximum absolute atomic E-state index is 11.8. The molecule has 1 atom stereocenters. The highest BCUT2D eigenvalue weighted by Gasteiger charge is 2.12. The molecule has 0 aliphatic carbocycles. The van der Waals surface area contributed by atoms with Crippen molar-refractivity contribution in [3.63, 3.8) is 0 Å². The fourth-order valence-electron chi connectivity index (χ4n) is 1.96. The predicted molar refractivity (Wildman–Crippen MR) is 77.4 cm³/mol. The summed E-state index contributed by atoms with van der Waals surface area (Å²) >= 11 is 1.65. The van der Waals surface area contributed by atoms with Crippen LogP contribution in [0.25, 0.3) is 10.2 Å². The van der Waals surface area contributed by atoms with Crippen molar-refractivity contribution in [2.24, 2.45) is 0 Å². The number of hydrogen-bond donors (Lipinski definition) is 0. The number of pyridine rings is 1. The number of thiophene rings is 1. The van der Waals surface area contributed by atoms with Crippen molar-refractivity contribution in [1.82, 2.24) is 9.88 Å². The van der Waals surface area contributed by atoms with Crippen molar-refractivity contribution >= 4 is 27.5 Å². The molecule has 102 valence electrons. The smallest absolute Gasteiger partial charge is 0.312 e. The van der Waals surface area contributed by atoms with E-state index >= 15 is 0 Å². The maximum atomic E-state index is 11.8. The highest BCUT2D eigenvalue weighted by molar-refractivity contribution is 7.17. The summed E-state index contributed by atoms with van der Waals surface area (Å²) < 4.78 is 6.48. The first kappa shape index (κ1) is 14.0. The Morgan fingerprint density at radius 2 is 2.21 bits per heavy atom. The van der Waals surface area contributed by atoms with E-state index in [4.69, 9.17) is 4.74 Å². The molecule has 2 aromatic rings. The van der Waals surface area contributed by atoms with E-state index in [1.165, 1.54) is 0 Å². The molecule has 5 heteroatoms. The van der Waals surface area contributed by atoms with E-state index in [1.807, 2.05) is 49.5 Å². The van der Waals surface area contributed by atoms with Gasteiger partial charge in [0.2, 0.25) is 0 Å². The summed E-state index contributed by atoms with van der Waals surface area (Å²) in [6, 6.07) is 5.85. The predicted octanol–water partition coefficient (Wildman–Crippen LogP) is 2.33. The van der Waals surface area contributed by atoms with Crippen LogP contribution in [0.4, 0.5) is 0 Å². The Hall–Kier alpha value is -1.46. The molecular weight excluding hydrogens is 260 g/mol. The standard InChI is InChI=1S/C14H18N2O2S/c1-10(9-16(2)3)18-14(17)8-11-4-5-13-12(15-11)6-7-19-13/h4-7,10H,8-9H2,1-3H3/t10-/m1/s1. The summed E-state index contributed by atoms with van der Waals surface area (Å²) in [6.45, 7) is 2.62. The number of likely N-dealkylation sites (N-methyl/N-ethyl adjacent to an activating group) is 1. The molecule has 0 spiro atoms. The van der Waals surface area contributed by atoms with Gasteiger partial charge in [-0.05, 0) is 44.6 Å². The fraction of sp³-hybridized carbons (Fsp3) is 0.429. The van der Waals surface area contributed by atoms with E-state index < -0.39 is 0 Å². The average Bonchev–Trinajstić information content (AvgIpc) is 2.74. The maximum Gasteiger partial charge on any atom is 0.312 e. The van der Waals surface area contributed by atoms with Crippen LogP contribution in [0, 0.1) is 0 Å². The lowest BCUT2D eigenvalue weighted by atomic mass is 10.2. The van der Waals surface area contributed by atoms with E-state index in [1.54, 1.807) is 11.3 Å². The monoisotopic (exact) mass is 278 g/mol. The second kappa shape index (κ2) is 6.12. The molecule has 19 heavy (non-hydrogen) atoms. The van der Waals surface area contributed by atoms with Gasteiger partial charge >= 0.3 is 5.97 Å². The number of hydrogen-bond acceptors (Lipinski definition) is 5. The van der Waals surface area contributed by atoms with Crippen LogP contribution in [0.3, 0.4) is 0 Å². The molecule has 0 N–H and O–H groups in total. The summed E-state index contributed by atoms with van der Waals surface area (Å²) in [5, 5.41) is 2.00. The van der Waals surface area contributed by atoms with Gasteiger partial charge in [-0.15, -0.1) is 11.3 Å². The van der Waals surface area contributed by atoms with Crippen LogP contribution in [0.2, 0.25) is 0 Å². The molecule has 0 saturated heterocycles.